The van der Waals surface area contributed by atoms with Crippen LogP contribution in [0.4, 0.5) is 5.82 Å². The maximum Gasteiger partial charge on any atom is 0.230 e. The molecule has 122 valence electrons. The fourth-order valence-electron chi connectivity index (χ4n) is 2.46. The van der Waals surface area contributed by atoms with Gasteiger partial charge in [-0.2, -0.15) is 0 Å². The molecule has 1 aromatic heterocycles. The molecule has 6 heteroatoms. The second-order valence-corrected chi connectivity index (χ2v) is 6.24. The molecule has 0 saturated carbocycles. The summed E-state index contributed by atoms with van der Waals surface area (Å²) in [5, 5.41) is 3.95. The van der Waals surface area contributed by atoms with E-state index in [9.17, 15) is 4.79 Å². The molecule has 0 atom stereocenters. The highest BCUT2D eigenvalue weighted by Gasteiger charge is 2.40. The lowest BCUT2D eigenvalue weighted by Gasteiger charge is -2.13. The van der Waals surface area contributed by atoms with Crippen LogP contribution in [0.25, 0.3) is 16.8 Å². The van der Waals surface area contributed by atoms with Gasteiger partial charge in [-0.15, -0.1) is 0 Å². The normalized spacial score (nSPS) is 15.8. The first-order chi connectivity index (χ1) is 11.3. The zero-order chi connectivity index (χ0) is 17.5. The number of nitrogens with zero attached hydrogens (tertiary/aromatic N) is 3. The SMILES string of the molecule is C=C(C)c1ccc(C2=NOC(C)(C)C2=O)cc1-c1cnc(N)cn1. The van der Waals surface area contributed by atoms with Gasteiger partial charge in [-0.1, -0.05) is 29.4 Å². The van der Waals surface area contributed by atoms with Crippen molar-refractivity contribution in [2.45, 2.75) is 26.4 Å². The van der Waals surface area contributed by atoms with E-state index in [-0.39, 0.29) is 5.78 Å². The van der Waals surface area contributed by atoms with E-state index in [0.717, 1.165) is 16.7 Å². The first-order valence-corrected chi connectivity index (χ1v) is 7.49. The molecule has 24 heavy (non-hydrogen) atoms. The molecule has 1 aliphatic rings. The molecule has 1 aromatic carbocycles. The molecule has 0 spiro atoms. The third-order valence-electron chi connectivity index (χ3n) is 3.83. The predicted molar refractivity (Wildman–Crippen MR) is 93.3 cm³/mol. The number of carbonyl (C=O) groups is 1. The van der Waals surface area contributed by atoms with Crippen molar-refractivity contribution >= 4 is 22.9 Å². The highest BCUT2D eigenvalue weighted by Crippen LogP contribution is 2.30. The molecule has 2 N–H and O–H groups in total. The van der Waals surface area contributed by atoms with Crippen molar-refractivity contribution in [3.63, 3.8) is 0 Å². The number of allylic oxidation sites excluding steroid dienone is 1. The maximum atomic E-state index is 12.4. The summed E-state index contributed by atoms with van der Waals surface area (Å²) in [5.74, 6) is 0.192. The van der Waals surface area contributed by atoms with E-state index >= 15 is 0 Å². The lowest BCUT2D eigenvalue weighted by molar-refractivity contribution is -0.128. The average molecular weight is 322 g/mol. The van der Waals surface area contributed by atoms with Crippen LogP contribution in [0.3, 0.4) is 0 Å². The molecule has 1 aliphatic heterocycles. The van der Waals surface area contributed by atoms with Crippen molar-refractivity contribution in [1.29, 1.82) is 0 Å². The zero-order valence-electron chi connectivity index (χ0n) is 13.8. The summed E-state index contributed by atoms with van der Waals surface area (Å²) in [4.78, 5) is 26.1. The van der Waals surface area contributed by atoms with Gasteiger partial charge in [0.15, 0.2) is 11.3 Å². The van der Waals surface area contributed by atoms with E-state index < -0.39 is 5.60 Å². The van der Waals surface area contributed by atoms with Crippen molar-refractivity contribution in [3.05, 3.63) is 48.3 Å². The van der Waals surface area contributed by atoms with Gasteiger partial charge in [0.2, 0.25) is 5.78 Å². The summed E-state index contributed by atoms with van der Waals surface area (Å²) in [6.45, 7) is 9.30. The monoisotopic (exact) mass is 322 g/mol. The fraction of sp³-hybridized carbons (Fsp3) is 0.222. The van der Waals surface area contributed by atoms with Gasteiger partial charge in [-0.25, -0.2) is 4.98 Å². The van der Waals surface area contributed by atoms with Crippen LogP contribution in [0.1, 0.15) is 31.9 Å². The highest BCUT2D eigenvalue weighted by molar-refractivity contribution is 6.49. The molecule has 0 bridgehead atoms. The maximum absolute atomic E-state index is 12.4. The van der Waals surface area contributed by atoms with Gasteiger partial charge in [0.05, 0.1) is 18.1 Å². The van der Waals surface area contributed by atoms with Gasteiger partial charge in [-0.05, 0) is 32.4 Å². The van der Waals surface area contributed by atoms with Gasteiger partial charge < -0.3 is 10.6 Å². The zero-order valence-corrected chi connectivity index (χ0v) is 13.8. The third kappa shape index (κ3) is 2.67. The standard InChI is InChI=1S/C18H18N4O2/c1-10(2)12-6-5-11(16-17(23)18(3,4)24-22-16)7-13(12)14-8-21-15(19)9-20-14/h5-9H,1H2,2-4H3,(H2,19,21). The Hall–Kier alpha value is -3.02. The quantitative estimate of drug-likeness (QED) is 0.938. The number of nitrogens with two attached hydrogens (primary N) is 1. The fourth-order valence-corrected chi connectivity index (χ4v) is 2.46. The first kappa shape index (κ1) is 15.9. The minimum Gasteiger partial charge on any atom is -0.382 e. The first-order valence-electron chi connectivity index (χ1n) is 7.49. The number of oxime groups is 1. The number of Topliss-reactive ketones (excluding diaryl/α,β-unsaturated/α-hetero) is 1. The number of benzene rings is 1. The van der Waals surface area contributed by atoms with Crippen LogP contribution < -0.4 is 5.73 Å². The molecule has 0 amide bonds. The number of nitrogen functional groups attached to an aromatic ring is 1. The molecule has 0 saturated heterocycles. The van der Waals surface area contributed by atoms with Gasteiger partial charge in [0, 0.05) is 11.1 Å². The summed E-state index contributed by atoms with van der Waals surface area (Å²) < 4.78 is 0. The van der Waals surface area contributed by atoms with Crippen molar-refractivity contribution in [3.8, 4) is 11.3 Å². The van der Waals surface area contributed by atoms with Crippen LogP contribution in [0.15, 0.2) is 42.3 Å². The summed E-state index contributed by atoms with van der Waals surface area (Å²) in [7, 11) is 0. The minimum atomic E-state index is -0.941. The molecular weight excluding hydrogens is 304 g/mol. The van der Waals surface area contributed by atoms with Crippen molar-refractivity contribution in [2.75, 3.05) is 5.73 Å². The van der Waals surface area contributed by atoms with Crippen LogP contribution in [0.2, 0.25) is 0 Å². The number of anilines is 1. The molecule has 2 heterocycles. The van der Waals surface area contributed by atoms with Crippen LogP contribution in [-0.2, 0) is 9.63 Å². The number of aromatic nitrogens is 2. The number of rotatable bonds is 3. The number of hydrogen-bond donors (Lipinski definition) is 1. The molecule has 0 aliphatic carbocycles. The molecule has 0 unspecified atom stereocenters. The third-order valence-corrected chi connectivity index (χ3v) is 3.83. The van der Waals surface area contributed by atoms with Gasteiger partial charge >= 0.3 is 0 Å². The van der Waals surface area contributed by atoms with Crippen LogP contribution in [0, 0.1) is 0 Å². The van der Waals surface area contributed by atoms with Gasteiger partial charge in [0.1, 0.15) is 5.82 Å². The van der Waals surface area contributed by atoms with Crippen molar-refractivity contribution < 1.29 is 9.63 Å². The Labute approximate surface area is 140 Å². The largest absolute Gasteiger partial charge is 0.382 e. The molecule has 3 rings (SSSR count). The Morgan fingerprint density at radius 1 is 1.25 bits per heavy atom. The number of carbonyl (C=O) groups excluding carboxylic acids is 1. The van der Waals surface area contributed by atoms with Crippen LogP contribution in [0.5, 0.6) is 0 Å². The Morgan fingerprint density at radius 3 is 2.54 bits per heavy atom. The Kier molecular flexibility index (Phi) is 3.67. The van der Waals surface area contributed by atoms with Gasteiger partial charge in [-0.3, -0.25) is 9.78 Å². The van der Waals surface area contributed by atoms with E-state index in [1.54, 1.807) is 20.0 Å². The van der Waals surface area contributed by atoms with E-state index in [1.807, 2.05) is 25.1 Å². The topological polar surface area (TPSA) is 90.5 Å². The number of hydrogen-bond acceptors (Lipinski definition) is 6. The van der Waals surface area contributed by atoms with Gasteiger partial charge in [0.25, 0.3) is 0 Å². The van der Waals surface area contributed by atoms with Crippen molar-refractivity contribution in [1.82, 2.24) is 9.97 Å². The molecular formula is C18H18N4O2. The predicted octanol–water partition coefficient (Wildman–Crippen LogP) is 2.84. The summed E-state index contributed by atoms with van der Waals surface area (Å²) >= 11 is 0. The number of ketones is 1. The van der Waals surface area contributed by atoms with E-state index in [2.05, 4.69) is 21.7 Å². The van der Waals surface area contributed by atoms with E-state index in [1.165, 1.54) is 6.20 Å². The Bertz CT molecular complexity index is 867. The van der Waals surface area contributed by atoms with E-state index in [0.29, 0.717) is 22.8 Å². The summed E-state index contributed by atoms with van der Waals surface area (Å²) in [6.07, 6.45) is 3.09. The summed E-state index contributed by atoms with van der Waals surface area (Å²) in [6, 6.07) is 5.58. The lowest BCUT2D eigenvalue weighted by atomic mass is 9.91. The van der Waals surface area contributed by atoms with Crippen molar-refractivity contribution in [2.24, 2.45) is 5.16 Å². The highest BCUT2D eigenvalue weighted by atomic mass is 16.7. The lowest BCUT2D eigenvalue weighted by Crippen LogP contribution is -2.33. The molecule has 0 radical (unpaired) electrons. The second-order valence-electron chi connectivity index (χ2n) is 6.24. The van der Waals surface area contributed by atoms with Crippen LogP contribution in [-0.4, -0.2) is 27.1 Å². The minimum absolute atomic E-state index is 0.153. The smallest absolute Gasteiger partial charge is 0.230 e. The molecule has 6 nitrogen and oxygen atoms in total. The second kappa shape index (κ2) is 5.56. The van der Waals surface area contributed by atoms with E-state index in [4.69, 9.17) is 10.6 Å². The summed E-state index contributed by atoms with van der Waals surface area (Å²) in [5.41, 5.74) is 8.90. The molecule has 0 fully saturated rings. The molecule has 2 aromatic rings. The van der Waals surface area contributed by atoms with Crippen LogP contribution >= 0.6 is 0 Å². The average Bonchev–Trinajstić information content (AvgIpc) is 2.81. The Balaban J connectivity index is 2.12. The Morgan fingerprint density at radius 2 is 2.00 bits per heavy atom.